The SMILES string of the molecule is CCC1(C(=O)O)CCN(c2cc(Cl)ccc2C#N)CC1. The van der Waals surface area contributed by atoms with Crippen LogP contribution in [0.1, 0.15) is 31.7 Å². The number of halogens is 1. The van der Waals surface area contributed by atoms with E-state index in [0.29, 0.717) is 42.9 Å². The molecule has 1 saturated heterocycles. The van der Waals surface area contributed by atoms with Crippen molar-refractivity contribution in [3.63, 3.8) is 0 Å². The van der Waals surface area contributed by atoms with Crippen molar-refractivity contribution in [2.24, 2.45) is 5.41 Å². The van der Waals surface area contributed by atoms with Gasteiger partial charge in [-0.3, -0.25) is 4.79 Å². The number of nitriles is 1. The number of carboxylic acid groups (broad SMARTS) is 1. The smallest absolute Gasteiger partial charge is 0.309 e. The average Bonchev–Trinajstić information content (AvgIpc) is 2.47. The lowest BCUT2D eigenvalue weighted by Gasteiger charge is -2.39. The number of nitrogens with zero attached hydrogens (tertiary/aromatic N) is 2. The van der Waals surface area contributed by atoms with Crippen LogP contribution in [0.3, 0.4) is 0 Å². The van der Waals surface area contributed by atoms with E-state index in [9.17, 15) is 9.90 Å². The van der Waals surface area contributed by atoms with E-state index in [1.807, 2.05) is 6.92 Å². The van der Waals surface area contributed by atoms with Gasteiger partial charge in [-0.05, 0) is 37.5 Å². The second-order valence-corrected chi connectivity index (χ2v) is 5.64. The van der Waals surface area contributed by atoms with Gasteiger partial charge in [-0.25, -0.2) is 0 Å². The van der Waals surface area contributed by atoms with Crippen LogP contribution in [-0.4, -0.2) is 24.2 Å². The van der Waals surface area contributed by atoms with Crippen molar-refractivity contribution in [3.05, 3.63) is 28.8 Å². The van der Waals surface area contributed by atoms with E-state index in [0.717, 1.165) is 5.69 Å². The van der Waals surface area contributed by atoms with Gasteiger partial charge in [0, 0.05) is 18.1 Å². The Morgan fingerprint density at radius 2 is 2.15 bits per heavy atom. The fourth-order valence-corrected chi connectivity index (χ4v) is 2.92. The van der Waals surface area contributed by atoms with Crippen LogP contribution in [0.4, 0.5) is 5.69 Å². The van der Waals surface area contributed by atoms with Crippen LogP contribution >= 0.6 is 11.6 Å². The third-order valence-electron chi connectivity index (χ3n) is 4.27. The molecule has 106 valence electrons. The van der Waals surface area contributed by atoms with E-state index in [-0.39, 0.29) is 0 Å². The van der Waals surface area contributed by atoms with Gasteiger partial charge in [-0.2, -0.15) is 5.26 Å². The standard InChI is InChI=1S/C15H17ClN2O2/c1-2-15(14(19)20)5-7-18(8-6-15)13-9-12(16)4-3-11(13)10-17/h3-4,9H,2,5-8H2,1H3,(H,19,20). The van der Waals surface area contributed by atoms with Gasteiger partial charge in [0.25, 0.3) is 0 Å². The molecule has 0 radical (unpaired) electrons. The molecule has 1 aromatic carbocycles. The largest absolute Gasteiger partial charge is 0.481 e. The number of rotatable bonds is 3. The van der Waals surface area contributed by atoms with Gasteiger partial charge in [0.2, 0.25) is 0 Å². The van der Waals surface area contributed by atoms with Gasteiger partial charge in [-0.1, -0.05) is 18.5 Å². The minimum Gasteiger partial charge on any atom is -0.481 e. The van der Waals surface area contributed by atoms with Crippen molar-refractivity contribution in [2.75, 3.05) is 18.0 Å². The molecule has 0 saturated carbocycles. The topological polar surface area (TPSA) is 64.3 Å². The molecule has 1 aromatic rings. The van der Waals surface area contributed by atoms with E-state index in [1.165, 1.54) is 0 Å². The summed E-state index contributed by atoms with van der Waals surface area (Å²) in [6.45, 7) is 3.19. The van der Waals surface area contributed by atoms with Crippen molar-refractivity contribution in [1.82, 2.24) is 0 Å². The molecule has 0 bridgehead atoms. The number of hydrogen-bond acceptors (Lipinski definition) is 3. The molecular formula is C15H17ClN2O2. The first-order valence-corrected chi connectivity index (χ1v) is 7.08. The minimum atomic E-state index is -0.716. The van der Waals surface area contributed by atoms with Crippen molar-refractivity contribution < 1.29 is 9.90 Å². The van der Waals surface area contributed by atoms with Crippen molar-refractivity contribution in [2.45, 2.75) is 26.2 Å². The van der Waals surface area contributed by atoms with Crippen LogP contribution in [0.25, 0.3) is 0 Å². The summed E-state index contributed by atoms with van der Waals surface area (Å²) in [5, 5.41) is 19.1. The zero-order valence-electron chi connectivity index (χ0n) is 11.4. The van der Waals surface area contributed by atoms with Gasteiger partial charge in [-0.15, -0.1) is 0 Å². The van der Waals surface area contributed by atoms with Gasteiger partial charge >= 0.3 is 5.97 Å². The molecule has 1 aliphatic heterocycles. The van der Waals surface area contributed by atoms with Crippen LogP contribution in [0.2, 0.25) is 5.02 Å². The number of anilines is 1. The lowest BCUT2D eigenvalue weighted by Crippen LogP contribution is -2.44. The normalized spacial score (nSPS) is 17.6. The summed E-state index contributed by atoms with van der Waals surface area (Å²) < 4.78 is 0. The molecule has 0 unspecified atom stereocenters. The summed E-state index contributed by atoms with van der Waals surface area (Å²) in [6.07, 6.45) is 1.82. The van der Waals surface area contributed by atoms with Crippen LogP contribution in [-0.2, 0) is 4.79 Å². The second kappa shape index (κ2) is 5.72. The number of piperidine rings is 1. The highest BCUT2D eigenvalue weighted by molar-refractivity contribution is 6.30. The zero-order chi connectivity index (χ0) is 14.8. The number of benzene rings is 1. The predicted molar refractivity (Wildman–Crippen MR) is 78.0 cm³/mol. The summed E-state index contributed by atoms with van der Waals surface area (Å²) >= 11 is 6.00. The molecule has 20 heavy (non-hydrogen) atoms. The Hall–Kier alpha value is -1.73. The molecule has 5 heteroatoms. The highest BCUT2D eigenvalue weighted by atomic mass is 35.5. The van der Waals surface area contributed by atoms with Gasteiger partial charge in [0.1, 0.15) is 6.07 Å². The van der Waals surface area contributed by atoms with Crippen LogP contribution < -0.4 is 4.90 Å². The summed E-state index contributed by atoms with van der Waals surface area (Å²) in [5.74, 6) is -0.716. The summed E-state index contributed by atoms with van der Waals surface area (Å²) in [7, 11) is 0. The van der Waals surface area contributed by atoms with E-state index < -0.39 is 11.4 Å². The molecule has 4 nitrogen and oxygen atoms in total. The predicted octanol–water partition coefficient (Wildman–Crippen LogP) is 3.29. The Bertz CT molecular complexity index is 557. The fourth-order valence-electron chi connectivity index (χ4n) is 2.76. The summed E-state index contributed by atoms with van der Waals surface area (Å²) in [6, 6.07) is 7.34. The molecule has 0 atom stereocenters. The first-order chi connectivity index (χ1) is 9.52. The molecule has 1 heterocycles. The Morgan fingerprint density at radius 1 is 1.50 bits per heavy atom. The second-order valence-electron chi connectivity index (χ2n) is 5.20. The van der Waals surface area contributed by atoms with Crippen molar-refractivity contribution in [3.8, 4) is 6.07 Å². The van der Waals surface area contributed by atoms with Gasteiger partial charge < -0.3 is 10.0 Å². The molecule has 0 aromatic heterocycles. The highest BCUT2D eigenvalue weighted by Crippen LogP contribution is 2.37. The molecule has 2 rings (SSSR count). The van der Waals surface area contributed by atoms with E-state index in [4.69, 9.17) is 16.9 Å². The molecular weight excluding hydrogens is 276 g/mol. The first-order valence-electron chi connectivity index (χ1n) is 6.70. The molecule has 1 fully saturated rings. The maximum Gasteiger partial charge on any atom is 0.309 e. The fraction of sp³-hybridized carbons (Fsp3) is 0.467. The van der Waals surface area contributed by atoms with Crippen molar-refractivity contribution in [1.29, 1.82) is 5.26 Å². The monoisotopic (exact) mass is 292 g/mol. The zero-order valence-corrected chi connectivity index (χ0v) is 12.2. The average molecular weight is 293 g/mol. The van der Waals surface area contributed by atoms with E-state index in [1.54, 1.807) is 18.2 Å². The maximum atomic E-state index is 11.4. The number of aliphatic carboxylic acids is 1. The number of hydrogen-bond donors (Lipinski definition) is 1. The third-order valence-corrected chi connectivity index (χ3v) is 4.51. The molecule has 0 aliphatic carbocycles. The van der Waals surface area contributed by atoms with E-state index in [2.05, 4.69) is 11.0 Å². The van der Waals surface area contributed by atoms with Crippen LogP contribution in [0, 0.1) is 16.7 Å². The molecule has 1 aliphatic rings. The minimum absolute atomic E-state index is 0.578. The Morgan fingerprint density at radius 3 is 2.65 bits per heavy atom. The lowest BCUT2D eigenvalue weighted by molar-refractivity contribution is -0.150. The molecule has 0 spiro atoms. The Labute approximate surface area is 123 Å². The lowest BCUT2D eigenvalue weighted by atomic mass is 9.76. The van der Waals surface area contributed by atoms with Gasteiger partial charge in [0.15, 0.2) is 0 Å². The Balaban J connectivity index is 2.21. The quantitative estimate of drug-likeness (QED) is 0.928. The number of carbonyl (C=O) groups is 1. The van der Waals surface area contributed by atoms with E-state index >= 15 is 0 Å². The number of carboxylic acids is 1. The van der Waals surface area contributed by atoms with Crippen LogP contribution in [0.15, 0.2) is 18.2 Å². The summed E-state index contributed by atoms with van der Waals surface area (Å²) in [4.78, 5) is 13.5. The first kappa shape index (κ1) is 14.7. The maximum absolute atomic E-state index is 11.4. The highest BCUT2D eigenvalue weighted by Gasteiger charge is 2.40. The third kappa shape index (κ3) is 2.59. The van der Waals surface area contributed by atoms with Gasteiger partial charge in [0.05, 0.1) is 16.7 Å². The Kier molecular flexibility index (Phi) is 4.20. The van der Waals surface area contributed by atoms with Crippen molar-refractivity contribution >= 4 is 23.3 Å². The molecule has 0 amide bonds. The molecule has 1 N–H and O–H groups in total. The summed E-state index contributed by atoms with van der Waals surface area (Å²) in [5.41, 5.74) is 0.755. The van der Waals surface area contributed by atoms with Crippen LogP contribution in [0.5, 0.6) is 0 Å².